The van der Waals surface area contributed by atoms with Crippen molar-refractivity contribution in [2.24, 2.45) is 22.7 Å². The highest BCUT2D eigenvalue weighted by molar-refractivity contribution is 5.95. The number of carbonyl (C=O) groups excluding carboxylic acids is 3. The van der Waals surface area contributed by atoms with Crippen LogP contribution in [0, 0.1) is 34.0 Å². The number of amides is 3. The van der Waals surface area contributed by atoms with Gasteiger partial charge in [0.25, 0.3) is 5.56 Å². The fraction of sp³-hybridized carbons (Fsp3) is 0.556. The number of hydrogen-bond acceptors (Lipinski definition) is 6. The van der Waals surface area contributed by atoms with E-state index in [0.29, 0.717) is 10.9 Å². The summed E-state index contributed by atoms with van der Waals surface area (Å²) in [7, 11) is 0. The minimum atomic E-state index is -5.19. The minimum Gasteiger partial charge on any atom is -0.338 e. The van der Waals surface area contributed by atoms with Gasteiger partial charge in [-0.15, -0.1) is 0 Å². The molecule has 2 aliphatic rings. The molecule has 10 nitrogen and oxygen atoms in total. The molecule has 4 rings (SSSR count). The van der Waals surface area contributed by atoms with Crippen LogP contribution in [-0.2, 0) is 20.8 Å². The lowest BCUT2D eigenvalue weighted by atomic mass is 9.85. The highest BCUT2D eigenvalue weighted by Crippen LogP contribution is 2.65. The van der Waals surface area contributed by atoms with Crippen molar-refractivity contribution in [1.82, 2.24) is 25.5 Å². The van der Waals surface area contributed by atoms with Crippen LogP contribution in [0.2, 0.25) is 0 Å². The Balaban J connectivity index is 1.57. The van der Waals surface area contributed by atoms with Crippen LogP contribution in [0.4, 0.5) is 13.2 Å². The summed E-state index contributed by atoms with van der Waals surface area (Å²) in [4.78, 5) is 59.4. The number of aromatic nitrogens is 2. The third-order valence-corrected chi connectivity index (χ3v) is 8.02. The van der Waals surface area contributed by atoms with E-state index in [-0.39, 0.29) is 35.8 Å². The van der Waals surface area contributed by atoms with Gasteiger partial charge in [-0.05, 0) is 34.8 Å². The zero-order valence-corrected chi connectivity index (χ0v) is 22.7. The van der Waals surface area contributed by atoms with E-state index in [2.05, 4.69) is 15.3 Å². The number of rotatable bonds is 6. The van der Waals surface area contributed by atoms with Gasteiger partial charge in [0.05, 0.1) is 11.6 Å². The summed E-state index contributed by atoms with van der Waals surface area (Å²) in [5.41, 5.74) is -1.02. The lowest BCUT2D eigenvalue weighted by Gasteiger charge is -2.37. The number of H-pyrrole nitrogens is 1. The summed E-state index contributed by atoms with van der Waals surface area (Å²) in [5.74, 6) is -4.06. The molecule has 0 radical (unpaired) electrons. The number of nitrogens with one attached hydrogen (secondary N) is 3. The second kappa shape index (κ2) is 9.91. The molecule has 0 spiro atoms. The Kier molecular flexibility index (Phi) is 7.19. The number of halogens is 3. The normalized spacial score (nSPS) is 23.1. The van der Waals surface area contributed by atoms with E-state index in [1.807, 2.05) is 19.9 Å². The second-order valence-electron chi connectivity index (χ2n) is 12.1. The summed E-state index contributed by atoms with van der Waals surface area (Å²) in [6, 6.07) is 1.46. The molecular weight excluding hydrogens is 529 g/mol. The van der Waals surface area contributed by atoms with Crippen molar-refractivity contribution in [2.75, 3.05) is 6.54 Å². The third-order valence-electron chi connectivity index (χ3n) is 8.02. The number of piperidine rings is 1. The Labute approximate surface area is 228 Å². The quantitative estimate of drug-likeness (QED) is 0.493. The molecule has 1 unspecified atom stereocenters. The molecule has 0 aromatic carbocycles. The minimum absolute atomic E-state index is 0.0810. The zero-order chi connectivity index (χ0) is 29.8. The molecule has 1 saturated heterocycles. The Morgan fingerprint density at radius 1 is 1.25 bits per heavy atom. The van der Waals surface area contributed by atoms with E-state index in [4.69, 9.17) is 0 Å². The average Bonchev–Trinajstić information content (AvgIpc) is 3.18. The van der Waals surface area contributed by atoms with Crippen molar-refractivity contribution in [1.29, 1.82) is 5.26 Å². The molecule has 1 aliphatic heterocycles. The predicted molar refractivity (Wildman–Crippen MR) is 137 cm³/mol. The van der Waals surface area contributed by atoms with E-state index in [9.17, 15) is 37.6 Å². The summed E-state index contributed by atoms with van der Waals surface area (Å²) >= 11 is 0. The number of hydrogen-bond donors (Lipinski definition) is 3. The van der Waals surface area contributed by atoms with Crippen LogP contribution < -0.4 is 16.2 Å². The van der Waals surface area contributed by atoms with Gasteiger partial charge in [-0.2, -0.15) is 18.4 Å². The van der Waals surface area contributed by atoms with Gasteiger partial charge in [-0.25, -0.2) is 0 Å². The number of likely N-dealkylation sites (tertiary alicyclic amines) is 1. The maximum Gasteiger partial charge on any atom is 0.471 e. The van der Waals surface area contributed by atoms with Crippen molar-refractivity contribution >= 4 is 28.6 Å². The van der Waals surface area contributed by atoms with Gasteiger partial charge in [0.1, 0.15) is 18.1 Å². The Bertz CT molecular complexity index is 1460. The van der Waals surface area contributed by atoms with E-state index in [1.165, 1.54) is 31.9 Å². The fourth-order valence-corrected chi connectivity index (χ4v) is 5.69. The monoisotopic (exact) mass is 560 g/mol. The maximum absolute atomic E-state index is 13.6. The van der Waals surface area contributed by atoms with Crippen molar-refractivity contribution < 1.29 is 27.6 Å². The Morgan fingerprint density at radius 2 is 1.93 bits per heavy atom. The van der Waals surface area contributed by atoms with Crippen LogP contribution in [0.25, 0.3) is 10.9 Å². The van der Waals surface area contributed by atoms with E-state index >= 15 is 0 Å². The van der Waals surface area contributed by atoms with Gasteiger partial charge in [0.15, 0.2) is 0 Å². The molecular formula is C27H31F3N6O4. The molecule has 5 atom stereocenters. The van der Waals surface area contributed by atoms with Gasteiger partial charge in [0, 0.05) is 36.3 Å². The van der Waals surface area contributed by atoms with Gasteiger partial charge in [-0.3, -0.25) is 24.2 Å². The highest BCUT2D eigenvalue weighted by atomic mass is 19.4. The lowest BCUT2D eigenvalue weighted by molar-refractivity contribution is -0.176. The maximum atomic E-state index is 13.6. The summed E-state index contributed by atoms with van der Waals surface area (Å²) in [5, 5.41) is 14.9. The van der Waals surface area contributed by atoms with Gasteiger partial charge in [-0.1, -0.05) is 34.6 Å². The molecule has 3 amide bonds. The zero-order valence-electron chi connectivity index (χ0n) is 22.7. The summed E-state index contributed by atoms with van der Waals surface area (Å²) < 4.78 is 39.1. The van der Waals surface area contributed by atoms with Crippen molar-refractivity contribution in [2.45, 2.75) is 65.3 Å². The standard InChI is InChI=1S/C27H31F3N6O4/c1-25(2,3)20(35-24(40)27(28,29)30)23(39)36-12-16-18(26(16,4)5)19(36)22(38)33-15(10-31)9-13-8-14-11-32-7-6-17(14)34-21(13)37/h6-8,11,15-16,18-20H,9,12H2,1-5H3,(H,33,38)(H,34,37)(H,35,40)/t15?,16-,18+,19-,20+/m0/s1. The molecule has 1 saturated carbocycles. The number of alkyl halides is 3. The van der Waals surface area contributed by atoms with Crippen molar-refractivity contribution in [3.63, 3.8) is 0 Å². The largest absolute Gasteiger partial charge is 0.471 e. The second-order valence-corrected chi connectivity index (χ2v) is 12.1. The molecule has 0 bridgehead atoms. The first kappa shape index (κ1) is 29.0. The van der Waals surface area contributed by atoms with Crippen LogP contribution in [0.5, 0.6) is 0 Å². The topological polar surface area (TPSA) is 148 Å². The lowest BCUT2D eigenvalue weighted by Crippen LogP contribution is -2.61. The number of carbonyl (C=O) groups is 3. The summed E-state index contributed by atoms with van der Waals surface area (Å²) in [6.07, 6.45) is -2.23. The van der Waals surface area contributed by atoms with E-state index in [1.54, 1.807) is 23.6 Å². The first-order valence-corrected chi connectivity index (χ1v) is 12.8. The number of nitriles is 1. The van der Waals surface area contributed by atoms with E-state index in [0.717, 1.165) is 0 Å². The number of nitrogens with zero attached hydrogens (tertiary/aromatic N) is 3. The fourth-order valence-electron chi connectivity index (χ4n) is 5.69. The van der Waals surface area contributed by atoms with Crippen LogP contribution in [-0.4, -0.2) is 63.4 Å². The molecule has 13 heteroatoms. The van der Waals surface area contributed by atoms with Gasteiger partial charge < -0.3 is 20.5 Å². The first-order chi connectivity index (χ1) is 18.5. The van der Waals surface area contributed by atoms with Crippen LogP contribution >= 0.6 is 0 Å². The number of aromatic amines is 1. The molecule has 2 fully saturated rings. The van der Waals surface area contributed by atoms with Crippen molar-refractivity contribution in [3.05, 3.63) is 40.4 Å². The number of fused-ring (bicyclic) bond motifs is 2. The first-order valence-electron chi connectivity index (χ1n) is 12.8. The predicted octanol–water partition coefficient (Wildman–Crippen LogP) is 2.05. The van der Waals surface area contributed by atoms with Gasteiger partial charge >= 0.3 is 12.1 Å². The third kappa shape index (κ3) is 5.39. The molecule has 3 N–H and O–H groups in total. The summed E-state index contributed by atoms with van der Waals surface area (Å²) in [6.45, 7) is 8.54. The molecule has 3 heterocycles. The van der Waals surface area contributed by atoms with Crippen LogP contribution in [0.1, 0.15) is 40.2 Å². The Hall–Kier alpha value is -3.95. The molecule has 2 aromatic rings. The molecule has 2 aromatic heterocycles. The average molecular weight is 561 g/mol. The SMILES string of the molecule is CC(C)(C)[C@H](NC(=O)C(F)(F)F)C(=O)N1C[C@H]2[C@H]([C@H]1C(=O)NC(C#N)Cc1cc3cnccc3[nH]c1=O)C2(C)C. The van der Waals surface area contributed by atoms with Crippen LogP contribution in [0.15, 0.2) is 29.3 Å². The smallest absolute Gasteiger partial charge is 0.338 e. The molecule has 214 valence electrons. The molecule has 40 heavy (non-hydrogen) atoms. The number of pyridine rings is 2. The van der Waals surface area contributed by atoms with Gasteiger partial charge in [0.2, 0.25) is 11.8 Å². The van der Waals surface area contributed by atoms with Crippen LogP contribution in [0.3, 0.4) is 0 Å². The van der Waals surface area contributed by atoms with E-state index < -0.39 is 53.0 Å². The van der Waals surface area contributed by atoms with Crippen molar-refractivity contribution in [3.8, 4) is 6.07 Å². The Morgan fingerprint density at radius 3 is 2.52 bits per heavy atom. The highest BCUT2D eigenvalue weighted by Gasteiger charge is 2.70. The molecule has 1 aliphatic carbocycles.